The van der Waals surface area contributed by atoms with Gasteiger partial charge in [0, 0.05) is 11.5 Å². The molecule has 1 aromatic rings. The van der Waals surface area contributed by atoms with Crippen molar-refractivity contribution in [3.63, 3.8) is 0 Å². The minimum absolute atomic E-state index is 0.166. The van der Waals surface area contributed by atoms with Gasteiger partial charge in [-0.05, 0) is 55.6 Å². The first-order chi connectivity index (χ1) is 15.2. The molecule has 0 bridgehead atoms. The van der Waals surface area contributed by atoms with Crippen LogP contribution in [-0.2, 0) is 15.9 Å². The quantitative estimate of drug-likeness (QED) is 0.310. The number of hydrogen-bond acceptors (Lipinski definition) is 2. The first kappa shape index (κ1) is 24.8. The predicted octanol–water partition coefficient (Wildman–Crippen LogP) is 8.56. The van der Waals surface area contributed by atoms with Crippen molar-refractivity contribution in [3.05, 3.63) is 34.9 Å². The summed E-state index contributed by atoms with van der Waals surface area (Å²) in [6, 6.07) is 6.90. The zero-order chi connectivity index (χ0) is 21.9. The molecule has 1 aromatic carbocycles. The van der Waals surface area contributed by atoms with Crippen LogP contribution in [0.4, 0.5) is 0 Å². The first-order valence-electron chi connectivity index (χ1n) is 13.5. The summed E-state index contributed by atoms with van der Waals surface area (Å²) >= 11 is 0. The van der Waals surface area contributed by atoms with Crippen molar-refractivity contribution in [1.82, 2.24) is 0 Å². The third-order valence-corrected chi connectivity index (χ3v) is 7.85. The molecule has 0 N–H and O–H groups in total. The molecule has 2 aliphatic rings. The van der Waals surface area contributed by atoms with E-state index in [4.69, 9.17) is 9.47 Å². The molecule has 2 nitrogen and oxygen atoms in total. The first-order valence-corrected chi connectivity index (χ1v) is 13.5. The van der Waals surface area contributed by atoms with Crippen molar-refractivity contribution < 1.29 is 9.47 Å². The second-order valence-electron chi connectivity index (χ2n) is 10.4. The molecule has 31 heavy (non-hydrogen) atoms. The van der Waals surface area contributed by atoms with Crippen molar-refractivity contribution in [2.45, 2.75) is 117 Å². The molecule has 0 amide bonds. The zero-order valence-electron chi connectivity index (χ0n) is 20.7. The molecule has 0 atom stereocenters. The molecule has 2 fully saturated rings. The molecular formula is C29H48O2. The van der Waals surface area contributed by atoms with E-state index in [2.05, 4.69) is 39.0 Å². The Labute approximate surface area is 192 Å². The molecule has 1 heterocycles. The molecule has 2 heteroatoms. The lowest BCUT2D eigenvalue weighted by Crippen LogP contribution is -2.34. The van der Waals surface area contributed by atoms with E-state index in [1.54, 1.807) is 0 Å². The van der Waals surface area contributed by atoms with Gasteiger partial charge in [0.2, 0.25) is 0 Å². The lowest BCUT2D eigenvalue weighted by atomic mass is 9.74. The van der Waals surface area contributed by atoms with E-state index in [0.717, 1.165) is 25.0 Å². The minimum atomic E-state index is -0.166. The molecule has 1 aliphatic carbocycles. The molecule has 0 unspecified atom stereocenters. The summed E-state index contributed by atoms with van der Waals surface area (Å²) in [5, 5.41) is 0. The van der Waals surface area contributed by atoms with Crippen LogP contribution in [0.5, 0.6) is 0 Å². The van der Waals surface area contributed by atoms with Gasteiger partial charge < -0.3 is 9.47 Å². The van der Waals surface area contributed by atoms with Crippen LogP contribution in [0.2, 0.25) is 0 Å². The Morgan fingerprint density at radius 3 is 2.13 bits per heavy atom. The highest BCUT2D eigenvalue weighted by atomic mass is 16.7. The predicted molar refractivity (Wildman–Crippen MR) is 131 cm³/mol. The maximum absolute atomic E-state index is 6.26. The van der Waals surface area contributed by atoms with E-state index in [0.29, 0.717) is 5.92 Å². The molecule has 0 radical (unpaired) electrons. The summed E-state index contributed by atoms with van der Waals surface area (Å²) in [6.45, 7) is 8.54. The van der Waals surface area contributed by atoms with Gasteiger partial charge in [-0.2, -0.15) is 0 Å². The number of benzene rings is 1. The van der Waals surface area contributed by atoms with Crippen molar-refractivity contribution in [3.8, 4) is 0 Å². The Morgan fingerprint density at radius 2 is 1.45 bits per heavy atom. The fraction of sp³-hybridized carbons (Fsp3) is 0.793. The molecule has 1 aliphatic heterocycles. The second kappa shape index (κ2) is 13.6. The van der Waals surface area contributed by atoms with E-state index < -0.39 is 0 Å². The van der Waals surface area contributed by atoms with E-state index in [9.17, 15) is 0 Å². The number of aryl methyl sites for hydroxylation is 2. The third kappa shape index (κ3) is 7.90. The highest BCUT2D eigenvalue weighted by Crippen LogP contribution is 2.39. The Balaban J connectivity index is 1.39. The highest BCUT2D eigenvalue weighted by molar-refractivity contribution is 5.32. The van der Waals surface area contributed by atoms with Gasteiger partial charge in [-0.25, -0.2) is 0 Å². The summed E-state index contributed by atoms with van der Waals surface area (Å²) in [7, 11) is 0. The number of unbranched alkanes of at least 4 members (excludes halogenated alkanes) is 6. The number of hydrogen-bond donors (Lipinski definition) is 0. The average Bonchev–Trinajstić information content (AvgIpc) is 2.80. The summed E-state index contributed by atoms with van der Waals surface area (Å²) < 4.78 is 12.5. The maximum Gasteiger partial charge on any atom is 0.184 e. The molecule has 0 aromatic heterocycles. The molecule has 176 valence electrons. The summed E-state index contributed by atoms with van der Waals surface area (Å²) in [4.78, 5) is 0. The Bertz CT molecular complexity index is 609. The SMILES string of the molecule is CCCCCCCc1ccc(C2OCC(C3CCC(CCCCC)CC3)CO2)c(C)c1. The fourth-order valence-corrected chi connectivity index (χ4v) is 5.69. The summed E-state index contributed by atoms with van der Waals surface area (Å²) in [5.74, 6) is 2.38. The van der Waals surface area contributed by atoms with E-state index in [1.807, 2.05) is 0 Å². The standard InChI is InChI=1S/C29H48O2/c1-4-6-8-9-11-13-25-16-19-28(23(3)20-25)29-30-21-27(22-31-29)26-17-14-24(15-18-26)12-10-7-5-2/h16,19-20,24,26-27,29H,4-15,17-18,21-22H2,1-3H3. The fourth-order valence-electron chi connectivity index (χ4n) is 5.69. The normalized spacial score (nSPS) is 26.8. The van der Waals surface area contributed by atoms with E-state index in [1.165, 1.54) is 107 Å². The van der Waals surface area contributed by atoms with Crippen molar-refractivity contribution in [1.29, 1.82) is 0 Å². The average molecular weight is 429 g/mol. The second-order valence-corrected chi connectivity index (χ2v) is 10.4. The van der Waals surface area contributed by atoms with E-state index in [-0.39, 0.29) is 6.29 Å². The third-order valence-electron chi connectivity index (χ3n) is 7.85. The Hall–Kier alpha value is -0.860. The molecule has 1 saturated heterocycles. The van der Waals surface area contributed by atoms with Crippen LogP contribution in [0.25, 0.3) is 0 Å². The smallest absolute Gasteiger partial charge is 0.184 e. The topological polar surface area (TPSA) is 18.5 Å². The van der Waals surface area contributed by atoms with Gasteiger partial charge in [-0.1, -0.05) is 96.3 Å². The van der Waals surface area contributed by atoms with Crippen LogP contribution in [0.15, 0.2) is 18.2 Å². The van der Waals surface area contributed by atoms with Crippen LogP contribution in [0.3, 0.4) is 0 Å². The largest absolute Gasteiger partial charge is 0.348 e. The van der Waals surface area contributed by atoms with E-state index >= 15 is 0 Å². The lowest BCUT2D eigenvalue weighted by molar-refractivity contribution is -0.215. The van der Waals surface area contributed by atoms with Crippen LogP contribution < -0.4 is 0 Å². The Morgan fingerprint density at radius 1 is 0.774 bits per heavy atom. The maximum atomic E-state index is 6.26. The van der Waals surface area contributed by atoms with Gasteiger partial charge in [0.25, 0.3) is 0 Å². The van der Waals surface area contributed by atoms with Gasteiger partial charge in [0.05, 0.1) is 13.2 Å². The zero-order valence-corrected chi connectivity index (χ0v) is 20.7. The molecular weight excluding hydrogens is 380 g/mol. The van der Waals surface area contributed by atoms with Crippen molar-refractivity contribution in [2.75, 3.05) is 13.2 Å². The Kier molecular flexibility index (Phi) is 10.9. The van der Waals surface area contributed by atoms with Crippen LogP contribution in [0, 0.1) is 24.7 Å². The monoisotopic (exact) mass is 428 g/mol. The highest BCUT2D eigenvalue weighted by Gasteiger charge is 2.32. The van der Waals surface area contributed by atoms with Gasteiger partial charge in [0.15, 0.2) is 6.29 Å². The number of ether oxygens (including phenoxy) is 2. The van der Waals surface area contributed by atoms with Crippen molar-refractivity contribution in [2.24, 2.45) is 17.8 Å². The van der Waals surface area contributed by atoms with Gasteiger partial charge in [-0.3, -0.25) is 0 Å². The van der Waals surface area contributed by atoms with Gasteiger partial charge >= 0.3 is 0 Å². The van der Waals surface area contributed by atoms with Crippen LogP contribution in [-0.4, -0.2) is 13.2 Å². The molecule has 3 rings (SSSR count). The number of rotatable bonds is 12. The van der Waals surface area contributed by atoms with Crippen molar-refractivity contribution >= 4 is 0 Å². The van der Waals surface area contributed by atoms with Crippen LogP contribution >= 0.6 is 0 Å². The van der Waals surface area contributed by atoms with Gasteiger partial charge in [-0.15, -0.1) is 0 Å². The lowest BCUT2D eigenvalue weighted by Gasteiger charge is -2.38. The summed E-state index contributed by atoms with van der Waals surface area (Å²) in [6.07, 6.45) is 19.0. The molecule has 0 spiro atoms. The van der Waals surface area contributed by atoms with Gasteiger partial charge in [0.1, 0.15) is 0 Å². The van der Waals surface area contributed by atoms with Crippen LogP contribution in [0.1, 0.15) is 120 Å². The molecule has 1 saturated carbocycles. The summed E-state index contributed by atoms with van der Waals surface area (Å²) in [5.41, 5.74) is 4.01. The minimum Gasteiger partial charge on any atom is -0.348 e.